The maximum Gasteiger partial charge on any atom is 0.157 e. The zero-order chi connectivity index (χ0) is 8.36. The molecule has 4 heteroatoms. The van der Waals surface area contributed by atoms with Crippen LogP contribution in [0.15, 0.2) is 0 Å². The fourth-order valence-electron chi connectivity index (χ4n) is 0.526. The molecule has 0 saturated carbocycles. The van der Waals surface area contributed by atoms with Crippen molar-refractivity contribution in [3.8, 4) is 0 Å². The van der Waals surface area contributed by atoms with Crippen LogP contribution in [0.4, 0.5) is 0 Å². The van der Waals surface area contributed by atoms with Gasteiger partial charge in [0.25, 0.3) is 0 Å². The van der Waals surface area contributed by atoms with Gasteiger partial charge in [-0.2, -0.15) is 0 Å². The monoisotopic (exact) mass is 164 g/mol. The van der Waals surface area contributed by atoms with E-state index in [1.165, 1.54) is 6.92 Å². The molecule has 0 aromatic carbocycles. The summed E-state index contributed by atoms with van der Waals surface area (Å²) < 4.78 is 21.4. The molecule has 0 rings (SSSR count). The third-order valence-electron chi connectivity index (χ3n) is 1.44. The van der Waals surface area contributed by atoms with Crippen molar-refractivity contribution in [1.82, 2.24) is 0 Å². The van der Waals surface area contributed by atoms with Crippen molar-refractivity contribution in [2.24, 2.45) is 0 Å². The molecule has 0 fully saturated rings. The Kier molecular flexibility index (Phi) is 3.02. The third kappa shape index (κ3) is 2.47. The van der Waals surface area contributed by atoms with Gasteiger partial charge in [0.05, 0.1) is 0 Å². The molecule has 10 heavy (non-hydrogen) atoms. The number of carbonyl (C=O) groups excluding carboxylic acids is 1. The average molecular weight is 164 g/mol. The Morgan fingerprint density at radius 2 is 1.90 bits per heavy atom. The second-order valence-electron chi connectivity index (χ2n) is 2.29. The molecule has 1 atom stereocenters. The minimum Gasteiger partial charge on any atom is -0.298 e. The van der Waals surface area contributed by atoms with Gasteiger partial charge in [0, 0.05) is 12.7 Å². The number of hydrogen-bond donors (Lipinski definition) is 0. The molecule has 0 aliphatic heterocycles. The lowest BCUT2D eigenvalue weighted by atomic mass is 10.2. The van der Waals surface area contributed by atoms with E-state index in [-0.39, 0.29) is 12.2 Å². The molecule has 3 nitrogen and oxygen atoms in total. The standard InChI is InChI=1S/C6H12O3S/c1-4-6(7)5(2)10(3,8)9/h5H,4H2,1-3H3. The van der Waals surface area contributed by atoms with Crippen molar-refractivity contribution in [1.29, 1.82) is 0 Å². The van der Waals surface area contributed by atoms with Gasteiger partial charge in [0.2, 0.25) is 0 Å². The Morgan fingerprint density at radius 1 is 1.50 bits per heavy atom. The van der Waals surface area contributed by atoms with E-state index in [0.29, 0.717) is 0 Å². The summed E-state index contributed by atoms with van der Waals surface area (Å²) >= 11 is 0. The van der Waals surface area contributed by atoms with Crippen LogP contribution in [0.1, 0.15) is 20.3 Å². The molecular formula is C6H12O3S. The van der Waals surface area contributed by atoms with Gasteiger partial charge in [-0.3, -0.25) is 4.79 Å². The van der Waals surface area contributed by atoms with Crippen molar-refractivity contribution >= 4 is 15.6 Å². The normalized spacial score (nSPS) is 14.7. The molecule has 0 saturated heterocycles. The molecule has 0 aromatic rings. The molecule has 60 valence electrons. The maximum absolute atomic E-state index is 10.8. The second kappa shape index (κ2) is 3.14. The Hall–Kier alpha value is -0.380. The van der Waals surface area contributed by atoms with E-state index in [4.69, 9.17) is 0 Å². The first-order chi connectivity index (χ1) is 4.39. The molecule has 0 N–H and O–H groups in total. The summed E-state index contributed by atoms with van der Waals surface area (Å²) in [7, 11) is -3.16. The highest BCUT2D eigenvalue weighted by atomic mass is 32.2. The molecule has 0 aliphatic rings. The lowest BCUT2D eigenvalue weighted by Crippen LogP contribution is -2.25. The fraction of sp³-hybridized carbons (Fsp3) is 0.833. The van der Waals surface area contributed by atoms with Gasteiger partial charge >= 0.3 is 0 Å². The highest BCUT2D eigenvalue weighted by Gasteiger charge is 2.20. The van der Waals surface area contributed by atoms with Crippen LogP contribution in [0.25, 0.3) is 0 Å². The smallest absolute Gasteiger partial charge is 0.157 e. The topological polar surface area (TPSA) is 51.2 Å². The highest BCUT2D eigenvalue weighted by Crippen LogP contribution is 2.01. The van der Waals surface area contributed by atoms with Crippen LogP contribution in [0.5, 0.6) is 0 Å². The molecule has 0 heterocycles. The summed E-state index contributed by atoms with van der Waals surface area (Å²) in [5.41, 5.74) is 0. The van der Waals surface area contributed by atoms with Crippen molar-refractivity contribution in [2.75, 3.05) is 6.26 Å². The highest BCUT2D eigenvalue weighted by molar-refractivity contribution is 7.92. The van der Waals surface area contributed by atoms with Crippen LogP contribution in [0.3, 0.4) is 0 Å². The SMILES string of the molecule is CCC(=O)C(C)S(C)(=O)=O. The second-order valence-corrected chi connectivity index (χ2v) is 4.66. The Labute approximate surface area is 61.4 Å². The van der Waals surface area contributed by atoms with Crippen LogP contribution in [0.2, 0.25) is 0 Å². The van der Waals surface area contributed by atoms with E-state index in [2.05, 4.69) is 0 Å². The van der Waals surface area contributed by atoms with Crippen molar-refractivity contribution < 1.29 is 13.2 Å². The van der Waals surface area contributed by atoms with Crippen LogP contribution in [-0.2, 0) is 14.6 Å². The van der Waals surface area contributed by atoms with Crippen LogP contribution < -0.4 is 0 Å². The summed E-state index contributed by atoms with van der Waals surface area (Å²) in [6.45, 7) is 3.07. The van der Waals surface area contributed by atoms with E-state index < -0.39 is 15.1 Å². The van der Waals surface area contributed by atoms with Crippen LogP contribution >= 0.6 is 0 Å². The Balaban J connectivity index is 4.39. The summed E-state index contributed by atoms with van der Waals surface area (Å²) in [6.07, 6.45) is 1.36. The average Bonchev–Trinajstić information content (AvgIpc) is 1.83. The number of Topliss-reactive ketones (excluding diaryl/α,β-unsaturated/α-hetero) is 1. The van der Waals surface area contributed by atoms with E-state index in [0.717, 1.165) is 6.26 Å². The van der Waals surface area contributed by atoms with Crippen molar-refractivity contribution in [2.45, 2.75) is 25.5 Å². The molecule has 0 spiro atoms. The number of carbonyl (C=O) groups is 1. The van der Waals surface area contributed by atoms with Gasteiger partial charge in [-0.25, -0.2) is 8.42 Å². The van der Waals surface area contributed by atoms with Gasteiger partial charge in [-0.15, -0.1) is 0 Å². The number of rotatable bonds is 3. The first-order valence-electron chi connectivity index (χ1n) is 3.11. The fourth-order valence-corrected chi connectivity index (χ4v) is 1.17. The van der Waals surface area contributed by atoms with Gasteiger partial charge in [0.15, 0.2) is 9.84 Å². The minimum atomic E-state index is -3.16. The molecular weight excluding hydrogens is 152 g/mol. The van der Waals surface area contributed by atoms with Crippen molar-refractivity contribution in [3.63, 3.8) is 0 Å². The van der Waals surface area contributed by atoms with Gasteiger partial charge in [-0.1, -0.05) is 6.92 Å². The first kappa shape index (κ1) is 9.62. The first-order valence-corrected chi connectivity index (χ1v) is 5.06. The lowest BCUT2D eigenvalue weighted by molar-refractivity contribution is -0.118. The van der Waals surface area contributed by atoms with E-state index >= 15 is 0 Å². The number of ketones is 1. The molecule has 1 unspecified atom stereocenters. The van der Waals surface area contributed by atoms with Crippen LogP contribution in [0, 0.1) is 0 Å². The van der Waals surface area contributed by atoms with E-state index in [1.54, 1.807) is 6.92 Å². The quantitative estimate of drug-likeness (QED) is 0.606. The molecule has 0 bridgehead atoms. The van der Waals surface area contributed by atoms with E-state index in [9.17, 15) is 13.2 Å². The van der Waals surface area contributed by atoms with Crippen molar-refractivity contribution in [3.05, 3.63) is 0 Å². The predicted molar refractivity (Wildman–Crippen MR) is 39.6 cm³/mol. The zero-order valence-corrected chi connectivity index (χ0v) is 7.23. The summed E-state index contributed by atoms with van der Waals surface area (Å²) in [5.74, 6) is -0.220. The molecule has 0 aromatic heterocycles. The number of sulfone groups is 1. The lowest BCUT2D eigenvalue weighted by Gasteiger charge is -2.04. The van der Waals surface area contributed by atoms with E-state index in [1.807, 2.05) is 0 Å². The van der Waals surface area contributed by atoms with Gasteiger partial charge in [-0.05, 0) is 6.92 Å². The molecule has 0 aliphatic carbocycles. The molecule has 0 amide bonds. The van der Waals surface area contributed by atoms with Gasteiger partial charge in [0.1, 0.15) is 11.0 Å². The largest absolute Gasteiger partial charge is 0.298 e. The van der Waals surface area contributed by atoms with Crippen LogP contribution in [-0.4, -0.2) is 25.7 Å². The minimum absolute atomic E-state index is 0.220. The zero-order valence-electron chi connectivity index (χ0n) is 6.42. The summed E-state index contributed by atoms with van der Waals surface area (Å²) in [4.78, 5) is 10.8. The molecule has 0 radical (unpaired) electrons. The maximum atomic E-state index is 10.8. The number of hydrogen-bond acceptors (Lipinski definition) is 3. The third-order valence-corrected chi connectivity index (χ3v) is 2.99. The Bertz CT molecular complexity index is 215. The Morgan fingerprint density at radius 3 is 2.00 bits per heavy atom. The van der Waals surface area contributed by atoms with Gasteiger partial charge < -0.3 is 0 Å². The summed E-state index contributed by atoms with van der Waals surface area (Å²) in [5, 5.41) is -0.836. The predicted octanol–water partition coefficient (Wildman–Crippen LogP) is 0.399. The summed E-state index contributed by atoms with van der Waals surface area (Å²) in [6, 6.07) is 0.